The highest BCUT2D eigenvalue weighted by Crippen LogP contribution is 2.56. The molecule has 0 amide bonds. The third-order valence-electron chi connectivity index (χ3n) is 6.80. The Kier molecular flexibility index (Phi) is 16.2. The van der Waals surface area contributed by atoms with Gasteiger partial charge in [-0.05, 0) is 68.7 Å². The largest absolute Gasteiger partial charge is 0.466 e. The maximum absolute atomic E-state index is 13.9. The van der Waals surface area contributed by atoms with Crippen LogP contribution >= 0.6 is 15.2 Å². The summed E-state index contributed by atoms with van der Waals surface area (Å²) in [6.45, 7) is 7.19. The van der Waals surface area contributed by atoms with E-state index in [1.807, 2.05) is 43.3 Å². The summed E-state index contributed by atoms with van der Waals surface area (Å²) in [5.74, 6) is -0.155. The summed E-state index contributed by atoms with van der Waals surface area (Å²) in [7, 11) is -4.60. The Morgan fingerprint density at radius 2 is 1.25 bits per heavy atom. The topological polar surface area (TPSA) is 124 Å². The van der Waals surface area contributed by atoms with Crippen molar-refractivity contribution in [3.8, 4) is 22.6 Å². The fourth-order valence-corrected chi connectivity index (χ4v) is 7.30. The van der Waals surface area contributed by atoms with Gasteiger partial charge in [0.15, 0.2) is 0 Å². The van der Waals surface area contributed by atoms with Crippen molar-refractivity contribution in [3.63, 3.8) is 0 Å². The van der Waals surface area contributed by atoms with Gasteiger partial charge in [-0.25, -0.2) is 9.13 Å². The van der Waals surface area contributed by atoms with Gasteiger partial charge in [-0.15, -0.1) is 0 Å². The van der Waals surface area contributed by atoms with E-state index >= 15 is 0 Å². The van der Waals surface area contributed by atoms with Crippen molar-refractivity contribution in [1.29, 1.82) is 0 Å². The average molecular weight is 655 g/mol. The first kappa shape index (κ1) is 37.5. The van der Waals surface area contributed by atoms with E-state index in [4.69, 9.17) is 27.6 Å². The lowest BCUT2D eigenvalue weighted by Crippen LogP contribution is -2.07. The monoisotopic (exact) mass is 654 g/mol. The molecule has 10 nitrogen and oxygen atoms in total. The van der Waals surface area contributed by atoms with Crippen LogP contribution in [0.4, 0.5) is 0 Å². The van der Waals surface area contributed by atoms with Gasteiger partial charge < -0.3 is 27.6 Å². The Morgan fingerprint density at radius 3 is 1.68 bits per heavy atom. The van der Waals surface area contributed by atoms with Crippen molar-refractivity contribution in [1.82, 2.24) is 0 Å². The van der Waals surface area contributed by atoms with Crippen LogP contribution in [0.2, 0.25) is 0 Å². The van der Waals surface area contributed by atoms with Gasteiger partial charge in [-0.3, -0.25) is 9.59 Å². The number of unbranched alkanes of at least 4 members (excludes halogenated alkanes) is 4. The fraction of sp³-hybridized carbons (Fsp3) is 0.562. The maximum atomic E-state index is 13.9. The van der Waals surface area contributed by atoms with Crippen molar-refractivity contribution in [2.45, 2.75) is 79.1 Å². The van der Waals surface area contributed by atoms with E-state index in [0.29, 0.717) is 49.2 Å². The second kappa shape index (κ2) is 19.0. The molecule has 0 aromatic heterocycles. The van der Waals surface area contributed by atoms with E-state index in [-0.39, 0.29) is 37.5 Å². The van der Waals surface area contributed by atoms with Crippen LogP contribution in [0, 0.1) is 6.92 Å². The van der Waals surface area contributed by atoms with Crippen molar-refractivity contribution in [3.05, 3.63) is 47.5 Å². The minimum absolute atomic E-state index is 0.104. The van der Waals surface area contributed by atoms with Crippen LogP contribution in [-0.2, 0) is 43.7 Å². The van der Waals surface area contributed by atoms with E-state index in [2.05, 4.69) is 6.92 Å². The predicted octanol–water partition coefficient (Wildman–Crippen LogP) is 8.52. The summed E-state index contributed by atoms with van der Waals surface area (Å²) in [5, 5.41) is 0. The SMILES string of the molecule is CCCCCc1cc(OP(=O)(CCCCOC(C)=O)OC)c(-c2cccc(C)c2)c(OP(=O)(CCCCOC(C)=O)OC)c1. The van der Waals surface area contributed by atoms with Gasteiger partial charge in [-0.1, -0.05) is 49.6 Å². The van der Waals surface area contributed by atoms with E-state index in [0.717, 1.165) is 36.0 Å². The number of esters is 2. The first-order valence-corrected chi connectivity index (χ1v) is 18.6. The molecule has 0 saturated carbocycles. The molecule has 44 heavy (non-hydrogen) atoms. The highest BCUT2D eigenvalue weighted by Gasteiger charge is 2.31. The molecule has 0 aliphatic carbocycles. The highest BCUT2D eigenvalue weighted by molar-refractivity contribution is 7.54. The minimum Gasteiger partial charge on any atom is -0.466 e. The standard InChI is InChI=1S/C32H48O10P2/c1-7-8-9-16-28-23-30(41-43(35,37-5)20-12-10-18-39-26(3)33)32(29-17-14-15-25(2)22-29)31(24-28)42-44(36,38-6)21-13-11-19-40-27(4)34/h14-15,17,22-24H,7-13,16,18-21H2,1-6H3. The highest BCUT2D eigenvalue weighted by atomic mass is 31.2. The molecule has 0 spiro atoms. The van der Waals surface area contributed by atoms with Gasteiger partial charge in [0.1, 0.15) is 11.5 Å². The molecule has 0 bridgehead atoms. The molecule has 2 aromatic carbocycles. The van der Waals surface area contributed by atoms with Crippen molar-refractivity contribution >= 4 is 27.1 Å². The zero-order valence-electron chi connectivity index (χ0n) is 26.9. The van der Waals surface area contributed by atoms with Crippen LogP contribution in [0.25, 0.3) is 11.1 Å². The Balaban J connectivity index is 2.54. The van der Waals surface area contributed by atoms with Gasteiger partial charge in [0, 0.05) is 28.1 Å². The molecule has 0 heterocycles. The fourth-order valence-electron chi connectivity index (χ4n) is 4.49. The van der Waals surface area contributed by atoms with E-state index in [1.165, 1.54) is 28.1 Å². The number of carbonyl (C=O) groups is 2. The summed E-state index contributed by atoms with van der Waals surface area (Å²) in [5.41, 5.74) is 3.06. The molecule has 246 valence electrons. The molecule has 2 rings (SSSR count). The molecule has 2 aromatic rings. The third-order valence-corrected chi connectivity index (χ3v) is 10.6. The number of rotatable bonds is 21. The van der Waals surface area contributed by atoms with Gasteiger partial charge in [0.05, 0.1) is 31.1 Å². The lowest BCUT2D eigenvalue weighted by atomic mass is 9.98. The van der Waals surface area contributed by atoms with E-state index in [9.17, 15) is 18.7 Å². The summed E-state index contributed by atoms with van der Waals surface area (Å²) in [4.78, 5) is 22.2. The molecule has 0 fully saturated rings. The lowest BCUT2D eigenvalue weighted by molar-refractivity contribution is -0.142. The summed E-state index contributed by atoms with van der Waals surface area (Å²) >= 11 is 0. The van der Waals surface area contributed by atoms with Crippen molar-refractivity contribution < 1.29 is 46.3 Å². The van der Waals surface area contributed by atoms with Crippen LogP contribution in [0.15, 0.2) is 36.4 Å². The molecule has 2 atom stereocenters. The first-order valence-electron chi connectivity index (χ1n) is 15.1. The molecule has 0 N–H and O–H groups in total. The van der Waals surface area contributed by atoms with E-state index in [1.54, 1.807) is 0 Å². The molecular weight excluding hydrogens is 606 g/mol. The number of ether oxygens (including phenoxy) is 2. The molecule has 0 saturated heterocycles. The van der Waals surface area contributed by atoms with Gasteiger partial charge >= 0.3 is 27.1 Å². The molecule has 0 radical (unpaired) electrons. The average Bonchev–Trinajstić information content (AvgIpc) is 2.96. The number of aryl methyl sites for hydroxylation is 2. The first-order chi connectivity index (χ1) is 20.9. The summed E-state index contributed by atoms with van der Waals surface area (Å²) < 4.78 is 61.1. The Bertz CT molecular complexity index is 1240. The summed E-state index contributed by atoms with van der Waals surface area (Å²) in [6.07, 6.45) is 5.77. The molecular formula is C32H48O10P2. The number of benzene rings is 2. The van der Waals surface area contributed by atoms with Crippen LogP contribution in [0.1, 0.15) is 76.8 Å². The second-order valence-electron chi connectivity index (χ2n) is 10.6. The normalized spacial score (nSPS) is 13.9. The number of hydrogen-bond donors (Lipinski definition) is 0. The van der Waals surface area contributed by atoms with Crippen LogP contribution in [0.5, 0.6) is 11.5 Å². The third kappa shape index (κ3) is 13.2. The number of carbonyl (C=O) groups excluding carboxylic acids is 2. The van der Waals surface area contributed by atoms with Crippen molar-refractivity contribution in [2.75, 3.05) is 39.8 Å². The smallest absolute Gasteiger partial charge is 0.378 e. The van der Waals surface area contributed by atoms with Crippen LogP contribution in [0.3, 0.4) is 0 Å². The quantitative estimate of drug-likeness (QED) is 0.0735. The maximum Gasteiger partial charge on any atom is 0.378 e. The zero-order valence-corrected chi connectivity index (χ0v) is 28.7. The Hall–Kier alpha value is -2.64. The van der Waals surface area contributed by atoms with Gasteiger partial charge in [-0.2, -0.15) is 0 Å². The van der Waals surface area contributed by atoms with Gasteiger partial charge in [0.25, 0.3) is 0 Å². The predicted molar refractivity (Wildman–Crippen MR) is 172 cm³/mol. The number of hydrogen-bond acceptors (Lipinski definition) is 10. The lowest BCUT2D eigenvalue weighted by Gasteiger charge is -2.24. The van der Waals surface area contributed by atoms with Gasteiger partial charge in [0.2, 0.25) is 0 Å². The molecule has 0 aliphatic rings. The van der Waals surface area contributed by atoms with E-state index < -0.39 is 15.2 Å². The summed E-state index contributed by atoms with van der Waals surface area (Å²) in [6, 6.07) is 11.4. The van der Waals surface area contributed by atoms with Crippen molar-refractivity contribution in [2.24, 2.45) is 0 Å². The molecule has 12 heteroatoms. The Morgan fingerprint density at radius 1 is 0.727 bits per heavy atom. The minimum atomic E-state index is -3.65. The van der Waals surface area contributed by atoms with Crippen LogP contribution in [-0.4, -0.2) is 51.7 Å². The van der Waals surface area contributed by atoms with Crippen LogP contribution < -0.4 is 9.05 Å². The Labute approximate surface area is 262 Å². The second-order valence-corrected chi connectivity index (χ2v) is 15.0. The zero-order chi connectivity index (χ0) is 32.6. The molecule has 2 unspecified atom stereocenters. The molecule has 0 aliphatic heterocycles.